The first-order valence-corrected chi connectivity index (χ1v) is 5.41. The Morgan fingerprint density at radius 1 is 1.08 bits per heavy atom. The summed E-state index contributed by atoms with van der Waals surface area (Å²) in [6.45, 7) is 6.14. The van der Waals surface area contributed by atoms with Crippen LogP contribution in [0.1, 0.15) is 46.0 Å². The fraction of sp³-hybridized carbons (Fsp3) is 1.00. The van der Waals surface area contributed by atoms with Crippen molar-refractivity contribution in [2.24, 2.45) is 0 Å². The van der Waals surface area contributed by atoms with Gasteiger partial charge in [-0.15, -0.1) is 0 Å². The zero-order chi connectivity index (χ0) is 9.94. The van der Waals surface area contributed by atoms with Crippen molar-refractivity contribution in [3.8, 4) is 0 Å². The Morgan fingerprint density at radius 2 is 1.85 bits per heavy atom. The molecule has 0 aliphatic rings. The molecule has 80 valence electrons. The van der Waals surface area contributed by atoms with E-state index in [1.165, 1.54) is 19.3 Å². The van der Waals surface area contributed by atoms with E-state index in [0.717, 1.165) is 26.1 Å². The number of unbranched alkanes of at least 4 members (excludes halogenated alkanes) is 2. The van der Waals surface area contributed by atoms with Gasteiger partial charge in [0.05, 0.1) is 6.10 Å². The SMILES string of the molecule is CCCCOC(C)CCCCOC. The van der Waals surface area contributed by atoms with Gasteiger partial charge in [-0.3, -0.25) is 0 Å². The van der Waals surface area contributed by atoms with Gasteiger partial charge in [-0.05, 0) is 32.6 Å². The van der Waals surface area contributed by atoms with Gasteiger partial charge in [0, 0.05) is 20.3 Å². The number of hydrogen-bond donors (Lipinski definition) is 0. The highest BCUT2D eigenvalue weighted by Gasteiger charge is 2.00. The van der Waals surface area contributed by atoms with Crippen LogP contribution in [-0.4, -0.2) is 26.4 Å². The molecule has 0 aromatic rings. The molecule has 0 radical (unpaired) electrons. The molecule has 0 fully saturated rings. The van der Waals surface area contributed by atoms with E-state index in [-0.39, 0.29) is 0 Å². The summed E-state index contributed by atoms with van der Waals surface area (Å²) in [6.07, 6.45) is 6.34. The van der Waals surface area contributed by atoms with Crippen LogP contribution in [0, 0.1) is 0 Å². The minimum absolute atomic E-state index is 0.420. The van der Waals surface area contributed by atoms with Gasteiger partial charge >= 0.3 is 0 Å². The first-order chi connectivity index (χ1) is 6.31. The normalized spacial score (nSPS) is 13.2. The maximum absolute atomic E-state index is 5.62. The van der Waals surface area contributed by atoms with Gasteiger partial charge < -0.3 is 9.47 Å². The molecule has 0 bridgehead atoms. The molecule has 0 rings (SSSR count). The van der Waals surface area contributed by atoms with Gasteiger partial charge in [-0.25, -0.2) is 0 Å². The molecule has 0 heterocycles. The van der Waals surface area contributed by atoms with Crippen molar-refractivity contribution in [1.29, 1.82) is 0 Å². The first kappa shape index (κ1) is 12.9. The standard InChI is InChI=1S/C11H24O2/c1-4-5-10-13-11(2)8-6-7-9-12-3/h11H,4-10H2,1-3H3. The quantitative estimate of drug-likeness (QED) is 0.518. The highest BCUT2D eigenvalue weighted by atomic mass is 16.5. The molecule has 0 aliphatic heterocycles. The average molecular weight is 188 g/mol. The largest absolute Gasteiger partial charge is 0.385 e. The van der Waals surface area contributed by atoms with Crippen LogP contribution >= 0.6 is 0 Å². The van der Waals surface area contributed by atoms with Crippen LogP contribution in [0.5, 0.6) is 0 Å². The van der Waals surface area contributed by atoms with Crippen LogP contribution in [0.2, 0.25) is 0 Å². The Morgan fingerprint density at radius 3 is 2.46 bits per heavy atom. The molecule has 0 aromatic heterocycles. The van der Waals surface area contributed by atoms with Crippen molar-refractivity contribution < 1.29 is 9.47 Å². The van der Waals surface area contributed by atoms with Gasteiger partial charge in [0.1, 0.15) is 0 Å². The molecule has 0 aromatic carbocycles. The summed E-state index contributed by atoms with van der Waals surface area (Å²) in [5, 5.41) is 0. The molecule has 2 heteroatoms. The van der Waals surface area contributed by atoms with Crippen molar-refractivity contribution in [2.75, 3.05) is 20.3 Å². The molecule has 1 atom stereocenters. The summed E-state index contributed by atoms with van der Waals surface area (Å²) in [6, 6.07) is 0. The third-order valence-corrected chi connectivity index (χ3v) is 2.11. The van der Waals surface area contributed by atoms with Gasteiger partial charge in [-0.2, -0.15) is 0 Å². The van der Waals surface area contributed by atoms with Gasteiger partial charge in [0.2, 0.25) is 0 Å². The fourth-order valence-corrected chi connectivity index (χ4v) is 1.19. The first-order valence-electron chi connectivity index (χ1n) is 5.41. The van der Waals surface area contributed by atoms with E-state index in [4.69, 9.17) is 9.47 Å². The van der Waals surface area contributed by atoms with Gasteiger partial charge in [-0.1, -0.05) is 13.3 Å². The lowest BCUT2D eigenvalue weighted by molar-refractivity contribution is 0.0551. The predicted octanol–water partition coefficient (Wildman–Crippen LogP) is 3.01. The molecule has 1 unspecified atom stereocenters. The monoisotopic (exact) mass is 188 g/mol. The van der Waals surface area contributed by atoms with Crippen LogP contribution in [0.25, 0.3) is 0 Å². The van der Waals surface area contributed by atoms with Crippen molar-refractivity contribution in [2.45, 2.75) is 52.1 Å². The van der Waals surface area contributed by atoms with E-state index in [0.29, 0.717) is 6.10 Å². The summed E-state index contributed by atoms with van der Waals surface area (Å²) in [5.41, 5.74) is 0. The van der Waals surface area contributed by atoms with Crippen LogP contribution < -0.4 is 0 Å². The lowest BCUT2D eigenvalue weighted by Crippen LogP contribution is -2.09. The molecule has 0 amide bonds. The Balaban J connectivity index is 3.05. The van der Waals surface area contributed by atoms with Crippen molar-refractivity contribution in [3.63, 3.8) is 0 Å². The van der Waals surface area contributed by atoms with E-state index in [9.17, 15) is 0 Å². The Kier molecular flexibility index (Phi) is 9.94. The predicted molar refractivity (Wildman–Crippen MR) is 56.0 cm³/mol. The van der Waals surface area contributed by atoms with E-state index in [1.54, 1.807) is 7.11 Å². The summed E-state index contributed by atoms with van der Waals surface area (Å²) >= 11 is 0. The van der Waals surface area contributed by atoms with E-state index in [2.05, 4.69) is 13.8 Å². The highest BCUT2D eigenvalue weighted by molar-refractivity contribution is 4.51. The molecule has 13 heavy (non-hydrogen) atoms. The zero-order valence-corrected chi connectivity index (χ0v) is 9.34. The van der Waals surface area contributed by atoms with Gasteiger partial charge in [0.15, 0.2) is 0 Å². The molecule has 0 N–H and O–H groups in total. The van der Waals surface area contributed by atoms with E-state index >= 15 is 0 Å². The lowest BCUT2D eigenvalue weighted by Gasteiger charge is -2.12. The Labute approximate surface area is 82.6 Å². The molecule has 0 spiro atoms. The fourth-order valence-electron chi connectivity index (χ4n) is 1.19. The maximum atomic E-state index is 5.62. The van der Waals surface area contributed by atoms with Crippen LogP contribution in [0.4, 0.5) is 0 Å². The second-order valence-electron chi connectivity index (χ2n) is 3.52. The zero-order valence-electron chi connectivity index (χ0n) is 9.34. The topological polar surface area (TPSA) is 18.5 Å². The Bertz CT molecular complexity index is 94.1. The number of hydrogen-bond acceptors (Lipinski definition) is 2. The van der Waals surface area contributed by atoms with Crippen molar-refractivity contribution >= 4 is 0 Å². The summed E-state index contributed by atoms with van der Waals surface area (Å²) in [5.74, 6) is 0. The average Bonchev–Trinajstić information content (AvgIpc) is 2.13. The van der Waals surface area contributed by atoms with Crippen molar-refractivity contribution in [1.82, 2.24) is 0 Å². The third-order valence-electron chi connectivity index (χ3n) is 2.11. The second kappa shape index (κ2) is 10.0. The highest BCUT2D eigenvalue weighted by Crippen LogP contribution is 2.05. The number of ether oxygens (including phenoxy) is 2. The molecule has 2 nitrogen and oxygen atoms in total. The third kappa shape index (κ3) is 9.84. The molecular weight excluding hydrogens is 164 g/mol. The van der Waals surface area contributed by atoms with E-state index < -0.39 is 0 Å². The van der Waals surface area contributed by atoms with Crippen LogP contribution in [0.15, 0.2) is 0 Å². The van der Waals surface area contributed by atoms with Crippen LogP contribution in [0.3, 0.4) is 0 Å². The maximum Gasteiger partial charge on any atom is 0.0547 e. The summed E-state index contributed by atoms with van der Waals surface area (Å²) in [4.78, 5) is 0. The molecule has 0 aliphatic carbocycles. The smallest absolute Gasteiger partial charge is 0.0547 e. The number of rotatable bonds is 9. The molecule has 0 saturated carbocycles. The number of methoxy groups -OCH3 is 1. The van der Waals surface area contributed by atoms with Crippen LogP contribution in [-0.2, 0) is 9.47 Å². The van der Waals surface area contributed by atoms with Crippen molar-refractivity contribution in [3.05, 3.63) is 0 Å². The van der Waals surface area contributed by atoms with E-state index in [1.807, 2.05) is 0 Å². The summed E-state index contributed by atoms with van der Waals surface area (Å²) in [7, 11) is 1.75. The minimum Gasteiger partial charge on any atom is -0.385 e. The Hall–Kier alpha value is -0.0800. The lowest BCUT2D eigenvalue weighted by atomic mass is 10.2. The van der Waals surface area contributed by atoms with Gasteiger partial charge in [0.25, 0.3) is 0 Å². The summed E-state index contributed by atoms with van der Waals surface area (Å²) < 4.78 is 10.6. The second-order valence-corrected chi connectivity index (χ2v) is 3.52. The minimum atomic E-state index is 0.420. The molecular formula is C11H24O2. The molecule has 0 saturated heterocycles.